The van der Waals surface area contributed by atoms with E-state index in [2.05, 4.69) is 121 Å². The van der Waals surface area contributed by atoms with E-state index in [4.69, 9.17) is 19.4 Å². The molecule has 238 valence electrons. The van der Waals surface area contributed by atoms with Crippen LogP contribution < -0.4 is 0 Å². The molecule has 2 heterocycles. The van der Waals surface area contributed by atoms with Crippen LogP contribution in [0.1, 0.15) is 0 Å². The Morgan fingerprint density at radius 1 is 0.314 bits per heavy atom. The maximum atomic E-state index is 6.52. The van der Waals surface area contributed by atoms with Gasteiger partial charge in [0.15, 0.2) is 17.5 Å². The maximum absolute atomic E-state index is 6.52. The Hall–Kier alpha value is -6.91. The Kier molecular flexibility index (Phi) is 6.78. The number of hydrogen-bond acceptors (Lipinski definition) is 4. The van der Waals surface area contributed by atoms with Gasteiger partial charge < -0.3 is 4.42 Å². The van der Waals surface area contributed by atoms with Gasteiger partial charge in [-0.25, -0.2) is 15.0 Å². The topological polar surface area (TPSA) is 51.8 Å². The molecular formula is C47H29N3O. The lowest BCUT2D eigenvalue weighted by Crippen LogP contribution is -2.00. The first-order valence-corrected chi connectivity index (χ1v) is 17.1. The SMILES string of the molecule is c1ccc(-c2ccc3ccc(-c4nc(-c5ccccc5)nc(-c5cc(-c6ccc7ccccc7c6)cc6oc7ccccc7c56)n4)cc3c2)cc1. The summed E-state index contributed by atoms with van der Waals surface area (Å²) in [7, 11) is 0. The van der Waals surface area contributed by atoms with E-state index in [0.717, 1.165) is 60.5 Å². The average Bonchev–Trinajstić information content (AvgIpc) is 3.59. The lowest BCUT2D eigenvalue weighted by atomic mass is 9.96. The van der Waals surface area contributed by atoms with Crippen LogP contribution in [0.5, 0.6) is 0 Å². The van der Waals surface area contributed by atoms with Gasteiger partial charge in [0.25, 0.3) is 0 Å². The fraction of sp³-hybridized carbons (Fsp3) is 0. The third-order valence-electron chi connectivity index (χ3n) is 9.68. The molecule has 0 aliphatic carbocycles. The van der Waals surface area contributed by atoms with Crippen molar-refractivity contribution >= 4 is 43.5 Å². The minimum atomic E-state index is 0.594. The minimum absolute atomic E-state index is 0.594. The van der Waals surface area contributed by atoms with Crippen molar-refractivity contribution in [2.24, 2.45) is 0 Å². The molecule has 4 heteroatoms. The van der Waals surface area contributed by atoms with Gasteiger partial charge in [0.05, 0.1) is 0 Å². The van der Waals surface area contributed by atoms with Crippen molar-refractivity contribution in [2.45, 2.75) is 0 Å². The van der Waals surface area contributed by atoms with Crippen molar-refractivity contribution in [2.75, 3.05) is 0 Å². The summed E-state index contributed by atoms with van der Waals surface area (Å²) in [4.78, 5) is 15.5. The molecule has 0 fully saturated rings. The summed E-state index contributed by atoms with van der Waals surface area (Å²) in [6.07, 6.45) is 0. The molecule has 10 aromatic rings. The highest BCUT2D eigenvalue weighted by atomic mass is 16.3. The zero-order chi connectivity index (χ0) is 33.7. The van der Waals surface area contributed by atoms with Crippen LogP contribution in [0.2, 0.25) is 0 Å². The van der Waals surface area contributed by atoms with Gasteiger partial charge in [0.2, 0.25) is 0 Å². The number of fused-ring (bicyclic) bond motifs is 5. The Labute approximate surface area is 294 Å². The summed E-state index contributed by atoms with van der Waals surface area (Å²) in [6, 6.07) is 61.1. The van der Waals surface area contributed by atoms with E-state index in [1.165, 1.54) is 21.9 Å². The van der Waals surface area contributed by atoms with Crippen molar-refractivity contribution in [1.29, 1.82) is 0 Å². The number of hydrogen-bond donors (Lipinski definition) is 0. The average molecular weight is 652 g/mol. The number of para-hydroxylation sites is 1. The molecule has 0 aliphatic heterocycles. The molecule has 0 saturated carbocycles. The highest BCUT2D eigenvalue weighted by Gasteiger charge is 2.20. The molecule has 0 amide bonds. The van der Waals surface area contributed by atoms with Crippen LogP contribution in [0.4, 0.5) is 0 Å². The van der Waals surface area contributed by atoms with Crippen LogP contribution in [0.3, 0.4) is 0 Å². The van der Waals surface area contributed by atoms with Gasteiger partial charge in [0.1, 0.15) is 11.2 Å². The van der Waals surface area contributed by atoms with Crippen molar-refractivity contribution in [3.63, 3.8) is 0 Å². The molecule has 0 bridgehead atoms. The summed E-state index contributed by atoms with van der Waals surface area (Å²) in [5, 5.41) is 6.67. The summed E-state index contributed by atoms with van der Waals surface area (Å²) in [5.74, 6) is 1.82. The Bertz CT molecular complexity index is 2910. The van der Waals surface area contributed by atoms with E-state index in [1.807, 2.05) is 54.6 Å². The second-order valence-electron chi connectivity index (χ2n) is 12.9. The minimum Gasteiger partial charge on any atom is -0.456 e. The number of furan rings is 1. The van der Waals surface area contributed by atoms with E-state index in [9.17, 15) is 0 Å². The third kappa shape index (κ3) is 5.22. The van der Waals surface area contributed by atoms with Crippen LogP contribution >= 0.6 is 0 Å². The van der Waals surface area contributed by atoms with Crippen molar-refractivity contribution in [3.8, 4) is 56.4 Å². The number of nitrogens with zero attached hydrogens (tertiary/aromatic N) is 3. The first-order valence-electron chi connectivity index (χ1n) is 17.1. The van der Waals surface area contributed by atoms with Crippen molar-refractivity contribution < 1.29 is 4.42 Å². The lowest BCUT2D eigenvalue weighted by molar-refractivity contribution is 0.669. The van der Waals surface area contributed by atoms with Crippen LogP contribution in [-0.2, 0) is 0 Å². The second-order valence-corrected chi connectivity index (χ2v) is 12.9. The van der Waals surface area contributed by atoms with Gasteiger partial charge in [-0.15, -0.1) is 0 Å². The highest BCUT2D eigenvalue weighted by molar-refractivity contribution is 6.13. The predicted molar refractivity (Wildman–Crippen MR) is 209 cm³/mol. The third-order valence-corrected chi connectivity index (χ3v) is 9.68. The van der Waals surface area contributed by atoms with Crippen molar-refractivity contribution in [1.82, 2.24) is 15.0 Å². The fourth-order valence-corrected chi connectivity index (χ4v) is 7.10. The van der Waals surface area contributed by atoms with Gasteiger partial charge in [-0.1, -0.05) is 140 Å². The molecule has 2 aromatic heterocycles. The molecule has 51 heavy (non-hydrogen) atoms. The summed E-state index contributed by atoms with van der Waals surface area (Å²) < 4.78 is 6.52. The van der Waals surface area contributed by atoms with Gasteiger partial charge in [-0.05, 0) is 80.2 Å². The first kappa shape index (κ1) is 29.0. The second kappa shape index (κ2) is 11.9. The number of rotatable bonds is 5. The molecule has 0 radical (unpaired) electrons. The van der Waals surface area contributed by atoms with Gasteiger partial charge >= 0.3 is 0 Å². The quantitative estimate of drug-likeness (QED) is 0.186. The monoisotopic (exact) mass is 651 g/mol. The Morgan fingerprint density at radius 3 is 1.65 bits per heavy atom. The predicted octanol–water partition coefficient (Wildman–Crippen LogP) is 12.4. The molecular weight excluding hydrogens is 623 g/mol. The largest absolute Gasteiger partial charge is 0.456 e. The molecule has 0 atom stereocenters. The van der Waals surface area contributed by atoms with Crippen LogP contribution in [0.15, 0.2) is 180 Å². The highest BCUT2D eigenvalue weighted by Crippen LogP contribution is 2.40. The molecule has 0 N–H and O–H groups in total. The molecule has 0 aliphatic rings. The summed E-state index contributed by atoms with van der Waals surface area (Å²) in [6.45, 7) is 0. The Balaban J connectivity index is 1.21. The first-order chi connectivity index (χ1) is 25.2. The van der Waals surface area contributed by atoms with Crippen LogP contribution in [0, 0.1) is 0 Å². The molecule has 0 spiro atoms. The smallest absolute Gasteiger partial charge is 0.164 e. The van der Waals surface area contributed by atoms with Crippen LogP contribution in [-0.4, -0.2) is 15.0 Å². The molecule has 0 unspecified atom stereocenters. The van der Waals surface area contributed by atoms with E-state index in [-0.39, 0.29) is 0 Å². The van der Waals surface area contributed by atoms with E-state index in [0.29, 0.717) is 17.5 Å². The fourth-order valence-electron chi connectivity index (χ4n) is 7.10. The molecule has 0 saturated heterocycles. The molecule has 10 rings (SSSR count). The van der Waals surface area contributed by atoms with E-state index in [1.54, 1.807) is 0 Å². The summed E-state index contributed by atoms with van der Waals surface area (Å²) >= 11 is 0. The zero-order valence-corrected chi connectivity index (χ0v) is 27.5. The molecule has 4 nitrogen and oxygen atoms in total. The van der Waals surface area contributed by atoms with E-state index < -0.39 is 0 Å². The molecule has 8 aromatic carbocycles. The maximum Gasteiger partial charge on any atom is 0.164 e. The summed E-state index contributed by atoms with van der Waals surface area (Å²) in [5.41, 5.74) is 8.84. The van der Waals surface area contributed by atoms with Crippen LogP contribution in [0.25, 0.3) is 99.9 Å². The number of aromatic nitrogens is 3. The van der Waals surface area contributed by atoms with Gasteiger partial charge in [-0.2, -0.15) is 0 Å². The Morgan fingerprint density at radius 2 is 0.863 bits per heavy atom. The number of benzene rings is 8. The van der Waals surface area contributed by atoms with Gasteiger partial charge in [-0.3, -0.25) is 0 Å². The van der Waals surface area contributed by atoms with Gasteiger partial charge in [0, 0.05) is 27.5 Å². The zero-order valence-electron chi connectivity index (χ0n) is 27.5. The van der Waals surface area contributed by atoms with Crippen molar-refractivity contribution in [3.05, 3.63) is 176 Å². The van der Waals surface area contributed by atoms with E-state index >= 15 is 0 Å². The standard InChI is InChI=1S/C47H29N3O/c1-3-11-30(12-4-1)35-22-20-32-21-24-37(27-38(32)26-35)46-48-45(33-14-5-2-6-15-33)49-47(50-46)41-28-39(36-23-19-31-13-7-8-16-34(31)25-36)29-43-44(41)40-17-9-10-18-42(40)51-43/h1-29H. The lowest BCUT2D eigenvalue weighted by Gasteiger charge is -2.12. The normalized spacial score (nSPS) is 11.5.